The van der Waals surface area contributed by atoms with Crippen molar-refractivity contribution in [2.75, 3.05) is 0 Å². The van der Waals surface area contributed by atoms with Crippen LogP contribution in [0.1, 0.15) is 0 Å². The molecule has 152 valence electrons. The lowest BCUT2D eigenvalue weighted by Gasteiger charge is -2.11. The van der Waals surface area contributed by atoms with E-state index in [9.17, 15) is 0 Å². The highest BCUT2D eigenvalue weighted by Crippen LogP contribution is 2.40. The Morgan fingerprint density at radius 1 is 0.500 bits per heavy atom. The first-order chi connectivity index (χ1) is 15.8. The van der Waals surface area contributed by atoms with Crippen LogP contribution in [-0.2, 0) is 0 Å². The molecule has 6 rings (SSSR count). The SMILES string of the molecule is Brc1cc(-c2ccccc2)cc(-c2cccc3c2c2ccccc2n3-c2ccccc2)c1. The van der Waals surface area contributed by atoms with Crippen molar-refractivity contribution in [2.45, 2.75) is 0 Å². The molecule has 0 aliphatic heterocycles. The number of aromatic nitrogens is 1. The molecule has 0 bridgehead atoms. The van der Waals surface area contributed by atoms with E-state index in [0.717, 1.165) is 4.47 Å². The smallest absolute Gasteiger partial charge is 0.0547 e. The molecular formula is C30H20BrN. The molecule has 32 heavy (non-hydrogen) atoms. The number of halogens is 1. The Labute approximate surface area is 195 Å². The Hall–Kier alpha value is -3.62. The molecule has 0 aliphatic rings. The molecule has 1 nitrogen and oxygen atoms in total. The van der Waals surface area contributed by atoms with Gasteiger partial charge in [-0.2, -0.15) is 0 Å². The summed E-state index contributed by atoms with van der Waals surface area (Å²) in [7, 11) is 0. The lowest BCUT2D eigenvalue weighted by molar-refractivity contribution is 1.18. The predicted molar refractivity (Wildman–Crippen MR) is 139 cm³/mol. The van der Waals surface area contributed by atoms with E-state index in [2.05, 4.69) is 142 Å². The summed E-state index contributed by atoms with van der Waals surface area (Å²) in [6.07, 6.45) is 0. The Morgan fingerprint density at radius 2 is 1.16 bits per heavy atom. The van der Waals surface area contributed by atoms with Crippen LogP contribution in [0.3, 0.4) is 0 Å². The fourth-order valence-corrected chi connectivity index (χ4v) is 5.15. The van der Waals surface area contributed by atoms with Gasteiger partial charge < -0.3 is 4.57 Å². The second-order valence-corrected chi connectivity index (χ2v) is 8.90. The van der Waals surface area contributed by atoms with Gasteiger partial charge in [0.15, 0.2) is 0 Å². The first-order valence-corrected chi connectivity index (χ1v) is 11.5. The van der Waals surface area contributed by atoms with Crippen LogP contribution in [0.15, 0.2) is 126 Å². The first-order valence-electron chi connectivity index (χ1n) is 10.7. The van der Waals surface area contributed by atoms with Crippen molar-refractivity contribution < 1.29 is 0 Å². The summed E-state index contributed by atoms with van der Waals surface area (Å²) >= 11 is 3.76. The zero-order valence-corrected chi connectivity index (χ0v) is 19.0. The van der Waals surface area contributed by atoms with Gasteiger partial charge in [0, 0.05) is 20.9 Å². The van der Waals surface area contributed by atoms with E-state index in [-0.39, 0.29) is 0 Å². The fraction of sp³-hybridized carbons (Fsp3) is 0. The Kier molecular flexibility index (Phi) is 4.66. The minimum absolute atomic E-state index is 1.08. The summed E-state index contributed by atoms with van der Waals surface area (Å²) in [4.78, 5) is 0. The lowest BCUT2D eigenvalue weighted by Crippen LogP contribution is -1.93. The van der Waals surface area contributed by atoms with E-state index in [0.29, 0.717) is 0 Å². The van der Waals surface area contributed by atoms with Crippen molar-refractivity contribution >= 4 is 37.7 Å². The number of fused-ring (bicyclic) bond motifs is 3. The fourth-order valence-electron chi connectivity index (χ4n) is 4.66. The van der Waals surface area contributed by atoms with Gasteiger partial charge in [-0.1, -0.05) is 94.8 Å². The molecule has 6 aromatic rings. The quantitative estimate of drug-likeness (QED) is 0.241. The van der Waals surface area contributed by atoms with Crippen LogP contribution in [0.25, 0.3) is 49.7 Å². The number of nitrogens with zero attached hydrogens (tertiary/aromatic N) is 1. The molecule has 0 saturated heterocycles. The van der Waals surface area contributed by atoms with Gasteiger partial charge >= 0.3 is 0 Å². The van der Waals surface area contributed by atoms with Crippen molar-refractivity contribution in [3.63, 3.8) is 0 Å². The van der Waals surface area contributed by atoms with Gasteiger partial charge in [-0.3, -0.25) is 0 Å². The average molecular weight is 474 g/mol. The van der Waals surface area contributed by atoms with E-state index in [1.54, 1.807) is 0 Å². The number of rotatable bonds is 3. The normalized spacial score (nSPS) is 11.3. The monoisotopic (exact) mass is 473 g/mol. The van der Waals surface area contributed by atoms with Gasteiger partial charge in [-0.05, 0) is 64.7 Å². The number of para-hydroxylation sites is 2. The molecule has 2 heteroatoms. The van der Waals surface area contributed by atoms with Crippen LogP contribution in [-0.4, -0.2) is 4.57 Å². The molecule has 0 amide bonds. The maximum atomic E-state index is 3.76. The van der Waals surface area contributed by atoms with Gasteiger partial charge in [0.25, 0.3) is 0 Å². The van der Waals surface area contributed by atoms with Crippen LogP contribution in [0.5, 0.6) is 0 Å². The van der Waals surface area contributed by atoms with Gasteiger partial charge in [0.1, 0.15) is 0 Å². The molecule has 1 heterocycles. The predicted octanol–water partition coefficient (Wildman–Crippen LogP) is 8.88. The van der Waals surface area contributed by atoms with Crippen LogP contribution in [0.4, 0.5) is 0 Å². The topological polar surface area (TPSA) is 4.93 Å². The second-order valence-electron chi connectivity index (χ2n) is 7.98. The summed E-state index contributed by atoms with van der Waals surface area (Å²) in [6, 6.07) is 43.2. The number of benzene rings is 5. The van der Waals surface area contributed by atoms with Gasteiger partial charge in [0.2, 0.25) is 0 Å². The first kappa shape index (κ1) is 19.1. The third-order valence-corrected chi connectivity index (χ3v) is 6.49. The van der Waals surface area contributed by atoms with E-state index in [1.165, 1.54) is 49.7 Å². The maximum absolute atomic E-state index is 3.76. The summed E-state index contributed by atoms with van der Waals surface area (Å²) in [5, 5.41) is 2.55. The van der Waals surface area contributed by atoms with Gasteiger partial charge in [0.05, 0.1) is 11.0 Å². The lowest BCUT2D eigenvalue weighted by atomic mass is 9.96. The molecule has 0 N–H and O–H groups in total. The van der Waals surface area contributed by atoms with Gasteiger partial charge in [-0.15, -0.1) is 0 Å². The Balaban J connectivity index is 1.67. The van der Waals surface area contributed by atoms with Crippen LogP contribution < -0.4 is 0 Å². The summed E-state index contributed by atoms with van der Waals surface area (Å²) < 4.78 is 3.45. The third-order valence-electron chi connectivity index (χ3n) is 6.03. The molecule has 0 spiro atoms. The van der Waals surface area contributed by atoms with Crippen molar-refractivity contribution in [1.82, 2.24) is 4.57 Å². The molecule has 1 aromatic heterocycles. The molecule has 0 fully saturated rings. The molecular weight excluding hydrogens is 454 g/mol. The minimum Gasteiger partial charge on any atom is -0.309 e. The van der Waals surface area contributed by atoms with Crippen LogP contribution >= 0.6 is 15.9 Å². The highest BCUT2D eigenvalue weighted by molar-refractivity contribution is 9.10. The second kappa shape index (κ2) is 7.81. The van der Waals surface area contributed by atoms with E-state index >= 15 is 0 Å². The zero-order valence-electron chi connectivity index (χ0n) is 17.4. The minimum atomic E-state index is 1.08. The highest BCUT2D eigenvalue weighted by Gasteiger charge is 2.16. The van der Waals surface area contributed by atoms with Crippen LogP contribution in [0, 0.1) is 0 Å². The standard InChI is InChI=1S/C30H20BrN/c31-24-19-22(21-10-3-1-4-11-21)18-23(20-24)26-15-9-17-29-30(26)27-14-7-8-16-28(27)32(29)25-12-5-2-6-13-25/h1-20H. The Morgan fingerprint density at radius 3 is 1.97 bits per heavy atom. The molecule has 5 aromatic carbocycles. The van der Waals surface area contributed by atoms with Crippen molar-refractivity contribution in [2.24, 2.45) is 0 Å². The van der Waals surface area contributed by atoms with Crippen molar-refractivity contribution in [3.05, 3.63) is 126 Å². The van der Waals surface area contributed by atoms with Crippen molar-refractivity contribution in [1.29, 1.82) is 0 Å². The Bertz CT molecular complexity index is 1560. The molecule has 0 radical (unpaired) electrons. The number of hydrogen-bond donors (Lipinski definition) is 0. The van der Waals surface area contributed by atoms with Crippen molar-refractivity contribution in [3.8, 4) is 27.9 Å². The number of hydrogen-bond acceptors (Lipinski definition) is 0. The molecule has 0 unspecified atom stereocenters. The molecule has 0 atom stereocenters. The van der Waals surface area contributed by atoms with E-state index in [4.69, 9.17) is 0 Å². The largest absolute Gasteiger partial charge is 0.309 e. The maximum Gasteiger partial charge on any atom is 0.0547 e. The molecule has 0 saturated carbocycles. The summed E-state index contributed by atoms with van der Waals surface area (Å²) in [5.74, 6) is 0. The van der Waals surface area contributed by atoms with E-state index in [1.807, 2.05) is 0 Å². The molecule has 0 aliphatic carbocycles. The average Bonchev–Trinajstić information content (AvgIpc) is 3.19. The van der Waals surface area contributed by atoms with E-state index < -0.39 is 0 Å². The zero-order chi connectivity index (χ0) is 21.5. The third kappa shape index (κ3) is 3.16. The summed E-state index contributed by atoms with van der Waals surface area (Å²) in [5.41, 5.74) is 8.49. The highest BCUT2D eigenvalue weighted by atomic mass is 79.9. The summed E-state index contributed by atoms with van der Waals surface area (Å²) in [6.45, 7) is 0. The van der Waals surface area contributed by atoms with Crippen LogP contribution in [0.2, 0.25) is 0 Å². The van der Waals surface area contributed by atoms with Gasteiger partial charge in [-0.25, -0.2) is 0 Å².